The molecule has 1 saturated heterocycles. The van der Waals surface area contributed by atoms with Crippen LogP contribution in [0.4, 0.5) is 11.4 Å². The fourth-order valence-corrected chi connectivity index (χ4v) is 3.29. The lowest BCUT2D eigenvalue weighted by atomic mass is 10.2. The molecule has 0 atom stereocenters. The first kappa shape index (κ1) is 15.0. The van der Waals surface area contributed by atoms with Crippen LogP contribution in [0.1, 0.15) is 10.4 Å². The molecule has 0 saturated carbocycles. The van der Waals surface area contributed by atoms with Crippen molar-refractivity contribution in [2.45, 2.75) is 0 Å². The number of carbonyl (C=O) groups excluding carboxylic acids is 1. The van der Waals surface area contributed by atoms with Crippen LogP contribution in [0.3, 0.4) is 0 Å². The number of hydrogen-bond acceptors (Lipinski definition) is 6. The third-order valence-corrected chi connectivity index (χ3v) is 4.69. The normalized spacial score (nSPS) is 14.8. The smallest absolute Gasteiger partial charge is 0.255 e. The lowest BCUT2D eigenvalue weighted by Crippen LogP contribution is -2.25. The highest BCUT2D eigenvalue weighted by Gasteiger charge is 2.13. The number of nitrogens with one attached hydrogen (secondary N) is 1. The summed E-state index contributed by atoms with van der Waals surface area (Å²) >= 11 is 1.73. The third-order valence-electron chi connectivity index (χ3n) is 3.72. The molecule has 1 N–H and O–H groups in total. The van der Waals surface area contributed by atoms with Gasteiger partial charge in [0.05, 0.1) is 12.8 Å². The zero-order chi connectivity index (χ0) is 16.4. The Morgan fingerprint density at radius 1 is 1.21 bits per heavy atom. The summed E-state index contributed by atoms with van der Waals surface area (Å²) in [7, 11) is 0. The van der Waals surface area contributed by atoms with Crippen LogP contribution in [0, 0.1) is 0 Å². The molecular formula is C17H15N3O3S. The number of carbonyl (C=O) groups is 1. The molecule has 1 aliphatic heterocycles. The van der Waals surface area contributed by atoms with Crippen molar-refractivity contribution in [3.63, 3.8) is 0 Å². The largest absolute Gasteiger partial charge is 0.359 e. The Morgan fingerprint density at radius 3 is 2.88 bits per heavy atom. The predicted molar refractivity (Wildman–Crippen MR) is 94.2 cm³/mol. The molecule has 2 heterocycles. The van der Waals surface area contributed by atoms with Gasteiger partial charge in [0.15, 0.2) is 5.58 Å². The van der Waals surface area contributed by atoms with E-state index >= 15 is 0 Å². The fraction of sp³-hybridized carbons (Fsp3) is 0.176. The number of amides is 1. The molecule has 0 aliphatic carbocycles. The molecule has 1 aliphatic rings. The maximum atomic E-state index is 12.4. The van der Waals surface area contributed by atoms with Crippen LogP contribution < -0.4 is 9.62 Å². The first-order valence-corrected chi connectivity index (χ1v) is 8.48. The lowest BCUT2D eigenvalue weighted by Gasteiger charge is -2.27. The summed E-state index contributed by atoms with van der Waals surface area (Å²) in [5.74, 6) is 0.773. The quantitative estimate of drug-likeness (QED) is 0.735. The van der Waals surface area contributed by atoms with Crippen molar-refractivity contribution in [3.8, 4) is 0 Å². The van der Waals surface area contributed by atoms with Crippen LogP contribution >= 0.6 is 11.9 Å². The number of ether oxygens (including phenoxy) is 1. The highest BCUT2D eigenvalue weighted by molar-refractivity contribution is 8.00. The van der Waals surface area contributed by atoms with Crippen molar-refractivity contribution >= 4 is 40.2 Å². The van der Waals surface area contributed by atoms with Crippen LogP contribution in [0.15, 0.2) is 53.2 Å². The Hall–Kier alpha value is -2.51. The van der Waals surface area contributed by atoms with Crippen molar-refractivity contribution in [1.82, 2.24) is 5.16 Å². The van der Waals surface area contributed by atoms with E-state index in [1.54, 1.807) is 24.2 Å². The minimum Gasteiger partial charge on any atom is -0.359 e. The molecule has 4 rings (SSSR count). The number of rotatable bonds is 3. The molecule has 3 aromatic rings. The van der Waals surface area contributed by atoms with E-state index in [4.69, 9.17) is 9.26 Å². The summed E-state index contributed by atoms with van der Waals surface area (Å²) in [6, 6.07) is 12.9. The van der Waals surface area contributed by atoms with E-state index in [9.17, 15) is 4.79 Å². The Kier molecular flexibility index (Phi) is 4.10. The first-order valence-electron chi connectivity index (χ1n) is 7.54. The highest BCUT2D eigenvalue weighted by atomic mass is 32.2. The topological polar surface area (TPSA) is 67.6 Å². The van der Waals surface area contributed by atoms with Crippen molar-refractivity contribution in [3.05, 3.63) is 54.2 Å². The van der Waals surface area contributed by atoms with E-state index < -0.39 is 0 Å². The van der Waals surface area contributed by atoms with Crippen LogP contribution in [-0.4, -0.2) is 30.2 Å². The van der Waals surface area contributed by atoms with Crippen LogP contribution in [-0.2, 0) is 4.74 Å². The zero-order valence-corrected chi connectivity index (χ0v) is 13.6. The standard InChI is InChI=1S/C17H15N3O3S/c21-17(19-14-4-1-13-10-18-23-16(13)9-14)12-2-5-15(6-3-12)20-11-22-7-8-24-20/h1-6,9-10H,7-8,11H2,(H,19,21). The second kappa shape index (κ2) is 6.54. The van der Waals surface area contributed by atoms with Crippen LogP contribution in [0.25, 0.3) is 11.0 Å². The first-order chi connectivity index (χ1) is 11.8. The monoisotopic (exact) mass is 341 g/mol. The van der Waals surface area contributed by atoms with Gasteiger partial charge in [-0.25, -0.2) is 0 Å². The molecular weight excluding hydrogens is 326 g/mol. The van der Waals surface area contributed by atoms with Gasteiger partial charge in [0.2, 0.25) is 0 Å². The average Bonchev–Trinajstić information content (AvgIpc) is 3.10. The molecule has 1 aromatic heterocycles. The van der Waals surface area contributed by atoms with Crippen LogP contribution in [0.5, 0.6) is 0 Å². The maximum absolute atomic E-state index is 12.4. The number of benzene rings is 2. The van der Waals surface area contributed by atoms with E-state index in [2.05, 4.69) is 14.8 Å². The average molecular weight is 341 g/mol. The Bertz CT molecular complexity index is 857. The summed E-state index contributed by atoms with van der Waals surface area (Å²) in [5.41, 5.74) is 2.94. The van der Waals surface area contributed by atoms with Gasteiger partial charge in [-0.3, -0.25) is 9.10 Å². The van der Waals surface area contributed by atoms with E-state index in [0.717, 1.165) is 23.4 Å². The van der Waals surface area contributed by atoms with Gasteiger partial charge < -0.3 is 14.6 Å². The number of nitrogens with zero attached hydrogens (tertiary/aromatic N) is 2. The lowest BCUT2D eigenvalue weighted by molar-refractivity contribution is 0.102. The van der Waals surface area contributed by atoms with Crippen molar-refractivity contribution in [2.24, 2.45) is 0 Å². The maximum Gasteiger partial charge on any atom is 0.255 e. The van der Waals surface area contributed by atoms with Gasteiger partial charge in [-0.05, 0) is 48.3 Å². The molecule has 2 aromatic carbocycles. The van der Waals surface area contributed by atoms with E-state index in [0.29, 0.717) is 23.6 Å². The van der Waals surface area contributed by atoms with Gasteiger partial charge >= 0.3 is 0 Å². The molecule has 24 heavy (non-hydrogen) atoms. The van der Waals surface area contributed by atoms with Gasteiger partial charge in [-0.1, -0.05) is 5.16 Å². The number of aromatic nitrogens is 1. The molecule has 6 nitrogen and oxygen atoms in total. The summed E-state index contributed by atoms with van der Waals surface area (Å²) in [6.07, 6.45) is 1.64. The highest BCUT2D eigenvalue weighted by Crippen LogP contribution is 2.25. The summed E-state index contributed by atoms with van der Waals surface area (Å²) in [4.78, 5) is 12.4. The van der Waals surface area contributed by atoms with Gasteiger partial charge in [0.1, 0.15) is 6.73 Å². The van der Waals surface area contributed by atoms with Crippen LogP contribution in [0.2, 0.25) is 0 Å². The molecule has 7 heteroatoms. The van der Waals surface area contributed by atoms with Crippen molar-refractivity contribution in [1.29, 1.82) is 0 Å². The number of fused-ring (bicyclic) bond motifs is 1. The summed E-state index contributed by atoms with van der Waals surface area (Å²) in [6.45, 7) is 1.34. The van der Waals surface area contributed by atoms with E-state index in [-0.39, 0.29) is 5.91 Å². The minimum atomic E-state index is -0.164. The fourth-order valence-electron chi connectivity index (χ4n) is 2.46. The Balaban J connectivity index is 1.47. The molecule has 1 fully saturated rings. The molecule has 0 bridgehead atoms. The van der Waals surface area contributed by atoms with Crippen molar-refractivity contribution in [2.75, 3.05) is 28.7 Å². The van der Waals surface area contributed by atoms with E-state index in [1.807, 2.05) is 36.4 Å². The molecule has 0 unspecified atom stereocenters. The van der Waals surface area contributed by atoms with E-state index in [1.165, 1.54) is 0 Å². The Morgan fingerprint density at radius 2 is 2.08 bits per heavy atom. The third kappa shape index (κ3) is 3.08. The van der Waals surface area contributed by atoms with Crippen molar-refractivity contribution < 1.29 is 14.1 Å². The van der Waals surface area contributed by atoms with Gasteiger partial charge in [0.25, 0.3) is 5.91 Å². The van der Waals surface area contributed by atoms with Gasteiger partial charge in [-0.15, -0.1) is 0 Å². The molecule has 1 amide bonds. The molecule has 0 radical (unpaired) electrons. The molecule has 122 valence electrons. The minimum absolute atomic E-state index is 0.164. The second-order valence-electron chi connectivity index (χ2n) is 5.33. The molecule has 0 spiro atoms. The number of anilines is 2. The summed E-state index contributed by atoms with van der Waals surface area (Å²) < 4.78 is 12.6. The summed E-state index contributed by atoms with van der Waals surface area (Å²) in [5, 5.41) is 7.50. The Labute approximate surface area is 142 Å². The SMILES string of the molecule is O=C(Nc1ccc2cnoc2c1)c1ccc(N2COCCS2)cc1. The zero-order valence-electron chi connectivity index (χ0n) is 12.8. The van der Waals surface area contributed by atoms with Gasteiger partial charge in [-0.2, -0.15) is 0 Å². The predicted octanol–water partition coefficient (Wildman–Crippen LogP) is 3.52. The number of hydrogen-bond donors (Lipinski definition) is 1. The second-order valence-corrected chi connectivity index (χ2v) is 6.44. The van der Waals surface area contributed by atoms with Gasteiger partial charge in [0, 0.05) is 34.1 Å².